The molecule has 2 nitrogen and oxygen atoms in total. The van der Waals surface area contributed by atoms with E-state index in [-0.39, 0.29) is 0 Å². The first-order valence-corrected chi connectivity index (χ1v) is 5.84. The maximum atomic E-state index is 5.78. The van der Waals surface area contributed by atoms with Gasteiger partial charge >= 0.3 is 0 Å². The zero-order chi connectivity index (χ0) is 9.68. The lowest BCUT2D eigenvalue weighted by molar-refractivity contribution is 0.947. The second kappa shape index (κ2) is 5.35. The van der Waals surface area contributed by atoms with Gasteiger partial charge in [-0.1, -0.05) is 17.7 Å². The summed E-state index contributed by atoms with van der Waals surface area (Å²) in [6.07, 6.45) is 2.10. The summed E-state index contributed by atoms with van der Waals surface area (Å²) < 4.78 is 0. The first-order chi connectivity index (χ1) is 6.24. The molecule has 0 saturated heterocycles. The number of aromatic nitrogens is 1. The highest BCUT2D eigenvalue weighted by atomic mass is 35.5. The summed E-state index contributed by atoms with van der Waals surface area (Å²) in [6, 6.07) is 5.67. The molecule has 0 radical (unpaired) electrons. The standard InChI is InChI=1S/C9H13ClN2S/c1-12(6-7-13-2)9-5-3-4-8(10)11-9/h3-5H,6-7H2,1-2H3. The number of hydrogen-bond acceptors (Lipinski definition) is 3. The predicted octanol–water partition coefficient (Wildman–Crippen LogP) is 2.53. The monoisotopic (exact) mass is 216 g/mol. The molecule has 0 bridgehead atoms. The van der Waals surface area contributed by atoms with Gasteiger partial charge in [-0.05, 0) is 18.4 Å². The smallest absolute Gasteiger partial charge is 0.131 e. The van der Waals surface area contributed by atoms with Crippen LogP contribution in [0.25, 0.3) is 0 Å². The molecule has 1 heterocycles. The Morgan fingerprint density at radius 3 is 2.92 bits per heavy atom. The van der Waals surface area contributed by atoms with Gasteiger partial charge in [-0.2, -0.15) is 11.8 Å². The minimum Gasteiger partial charge on any atom is -0.359 e. The van der Waals surface area contributed by atoms with E-state index < -0.39 is 0 Å². The average molecular weight is 217 g/mol. The van der Waals surface area contributed by atoms with E-state index in [4.69, 9.17) is 11.6 Å². The third-order valence-corrected chi connectivity index (χ3v) is 2.52. The van der Waals surface area contributed by atoms with Crippen LogP contribution >= 0.6 is 23.4 Å². The molecule has 0 fully saturated rings. The lowest BCUT2D eigenvalue weighted by atomic mass is 10.4. The molecule has 0 aromatic carbocycles. The third-order valence-electron chi connectivity index (χ3n) is 1.72. The van der Waals surface area contributed by atoms with E-state index in [9.17, 15) is 0 Å². The SMILES string of the molecule is CSCCN(C)c1cccc(Cl)n1. The molecule has 1 aromatic heterocycles. The van der Waals surface area contributed by atoms with Gasteiger partial charge in [-0.3, -0.25) is 0 Å². The van der Waals surface area contributed by atoms with E-state index in [1.807, 2.05) is 30.9 Å². The number of halogens is 1. The Kier molecular flexibility index (Phi) is 4.39. The molecule has 0 unspecified atom stereocenters. The van der Waals surface area contributed by atoms with Gasteiger partial charge in [0.1, 0.15) is 11.0 Å². The van der Waals surface area contributed by atoms with Crippen molar-refractivity contribution in [3.63, 3.8) is 0 Å². The highest BCUT2D eigenvalue weighted by molar-refractivity contribution is 7.98. The van der Waals surface area contributed by atoms with E-state index in [0.29, 0.717) is 5.15 Å². The number of thioether (sulfide) groups is 1. The zero-order valence-electron chi connectivity index (χ0n) is 7.83. The summed E-state index contributed by atoms with van der Waals surface area (Å²) in [7, 11) is 2.02. The first-order valence-electron chi connectivity index (χ1n) is 4.06. The molecular formula is C9H13ClN2S. The molecule has 1 aromatic rings. The van der Waals surface area contributed by atoms with Gasteiger partial charge in [0.15, 0.2) is 0 Å². The zero-order valence-corrected chi connectivity index (χ0v) is 9.40. The van der Waals surface area contributed by atoms with E-state index in [2.05, 4.69) is 16.1 Å². The number of pyridine rings is 1. The summed E-state index contributed by atoms with van der Waals surface area (Å²) in [6.45, 7) is 0.995. The molecule has 1 rings (SSSR count). The Hall–Kier alpha value is -0.410. The van der Waals surface area contributed by atoms with Crippen LogP contribution in [-0.4, -0.2) is 30.6 Å². The van der Waals surface area contributed by atoms with Gasteiger partial charge in [-0.15, -0.1) is 0 Å². The van der Waals surface area contributed by atoms with E-state index in [1.54, 1.807) is 6.07 Å². The number of anilines is 1. The molecule has 13 heavy (non-hydrogen) atoms. The van der Waals surface area contributed by atoms with Crippen LogP contribution < -0.4 is 4.90 Å². The second-order valence-corrected chi connectivity index (χ2v) is 4.11. The van der Waals surface area contributed by atoms with Gasteiger partial charge in [-0.25, -0.2) is 4.98 Å². The van der Waals surface area contributed by atoms with Crippen molar-refractivity contribution in [2.75, 3.05) is 30.5 Å². The Bertz CT molecular complexity index is 268. The van der Waals surface area contributed by atoms with Gasteiger partial charge in [0.25, 0.3) is 0 Å². The van der Waals surface area contributed by atoms with Crippen molar-refractivity contribution in [1.29, 1.82) is 0 Å². The van der Waals surface area contributed by atoms with Gasteiger partial charge in [0.05, 0.1) is 0 Å². The summed E-state index contributed by atoms with van der Waals surface area (Å²) in [4.78, 5) is 6.31. The van der Waals surface area contributed by atoms with Crippen LogP contribution in [-0.2, 0) is 0 Å². The van der Waals surface area contributed by atoms with Crippen molar-refractivity contribution in [3.05, 3.63) is 23.4 Å². The van der Waals surface area contributed by atoms with E-state index in [1.165, 1.54) is 0 Å². The minimum atomic E-state index is 0.550. The van der Waals surface area contributed by atoms with Crippen molar-refractivity contribution in [2.24, 2.45) is 0 Å². The fraction of sp³-hybridized carbons (Fsp3) is 0.444. The van der Waals surface area contributed by atoms with E-state index >= 15 is 0 Å². The van der Waals surface area contributed by atoms with Crippen molar-refractivity contribution >= 4 is 29.2 Å². The Morgan fingerprint density at radius 1 is 1.54 bits per heavy atom. The van der Waals surface area contributed by atoms with Crippen molar-refractivity contribution in [2.45, 2.75) is 0 Å². The van der Waals surface area contributed by atoms with Crippen LogP contribution in [0, 0.1) is 0 Å². The molecule has 0 aliphatic carbocycles. The van der Waals surface area contributed by atoms with Crippen molar-refractivity contribution in [3.8, 4) is 0 Å². The van der Waals surface area contributed by atoms with Gasteiger partial charge in [0.2, 0.25) is 0 Å². The summed E-state index contributed by atoms with van der Waals surface area (Å²) in [5.41, 5.74) is 0. The predicted molar refractivity (Wildman–Crippen MR) is 60.9 cm³/mol. The summed E-state index contributed by atoms with van der Waals surface area (Å²) in [5, 5.41) is 0.550. The van der Waals surface area contributed by atoms with Crippen LogP contribution in [0.5, 0.6) is 0 Å². The van der Waals surface area contributed by atoms with E-state index in [0.717, 1.165) is 18.1 Å². The Morgan fingerprint density at radius 2 is 2.31 bits per heavy atom. The lowest BCUT2D eigenvalue weighted by Crippen LogP contribution is -2.21. The maximum Gasteiger partial charge on any atom is 0.131 e. The molecule has 0 saturated carbocycles. The van der Waals surface area contributed by atoms with Crippen LogP contribution in [0.4, 0.5) is 5.82 Å². The third kappa shape index (κ3) is 3.44. The molecule has 0 N–H and O–H groups in total. The van der Waals surface area contributed by atoms with Crippen molar-refractivity contribution < 1.29 is 0 Å². The molecule has 0 aliphatic rings. The average Bonchev–Trinajstić information content (AvgIpc) is 2.14. The normalized spacial score (nSPS) is 10.1. The van der Waals surface area contributed by atoms with Crippen LogP contribution in [0.2, 0.25) is 5.15 Å². The summed E-state index contributed by atoms with van der Waals surface area (Å²) in [5.74, 6) is 2.03. The maximum absolute atomic E-state index is 5.78. The topological polar surface area (TPSA) is 16.1 Å². The summed E-state index contributed by atoms with van der Waals surface area (Å²) >= 11 is 7.61. The first kappa shape index (κ1) is 10.7. The Labute approximate surface area is 88.3 Å². The molecule has 72 valence electrons. The van der Waals surface area contributed by atoms with Crippen LogP contribution in [0.3, 0.4) is 0 Å². The molecule has 0 aliphatic heterocycles. The fourth-order valence-electron chi connectivity index (χ4n) is 0.953. The molecule has 0 atom stereocenters. The number of rotatable bonds is 4. The minimum absolute atomic E-state index is 0.550. The molecular weight excluding hydrogens is 204 g/mol. The highest BCUT2D eigenvalue weighted by Gasteiger charge is 2.01. The van der Waals surface area contributed by atoms with Crippen molar-refractivity contribution in [1.82, 2.24) is 4.98 Å². The van der Waals surface area contributed by atoms with Crippen LogP contribution in [0.15, 0.2) is 18.2 Å². The molecule has 4 heteroatoms. The second-order valence-electron chi connectivity index (χ2n) is 2.73. The molecule has 0 spiro atoms. The van der Waals surface area contributed by atoms with Gasteiger partial charge in [0, 0.05) is 19.3 Å². The fourth-order valence-corrected chi connectivity index (χ4v) is 1.57. The lowest BCUT2D eigenvalue weighted by Gasteiger charge is -2.17. The quantitative estimate of drug-likeness (QED) is 0.720. The Balaban J connectivity index is 2.60. The van der Waals surface area contributed by atoms with Gasteiger partial charge < -0.3 is 4.90 Å². The number of hydrogen-bond donors (Lipinski definition) is 0. The number of nitrogens with zero attached hydrogens (tertiary/aromatic N) is 2. The largest absolute Gasteiger partial charge is 0.359 e. The molecule has 0 amide bonds. The van der Waals surface area contributed by atoms with Crippen LogP contribution in [0.1, 0.15) is 0 Å². The highest BCUT2D eigenvalue weighted by Crippen LogP contribution is 2.12.